The minimum absolute atomic E-state index is 0.308. The summed E-state index contributed by atoms with van der Waals surface area (Å²) in [6.07, 6.45) is -5.62. The molecule has 3 rings (SSSR count). The second kappa shape index (κ2) is 10.5. The Morgan fingerprint density at radius 1 is 1.31 bits per heavy atom. The van der Waals surface area contributed by atoms with Gasteiger partial charge in [0.15, 0.2) is 6.10 Å². The molecule has 192 valence electrons. The molecule has 1 aromatic heterocycles. The first-order valence-electron chi connectivity index (χ1n) is 11.3. The minimum atomic E-state index is -4.95. The number of fused-ring (bicyclic) bond motifs is 1. The number of carboxylic acid groups (broad SMARTS) is 1. The number of alkyl halides is 3. The summed E-state index contributed by atoms with van der Waals surface area (Å²) in [6, 6.07) is 7.04. The maximum atomic E-state index is 14.0. The lowest BCUT2D eigenvalue weighted by molar-refractivity contribution is -0.153. The van der Waals surface area contributed by atoms with Crippen molar-refractivity contribution in [3.8, 4) is 0 Å². The number of aliphatic carboxylic acids is 1. The molecule has 0 bridgehead atoms. The van der Waals surface area contributed by atoms with Crippen molar-refractivity contribution in [3.63, 3.8) is 0 Å². The molecule has 0 amide bonds. The second-order valence-electron chi connectivity index (χ2n) is 9.76. The molecule has 0 saturated heterocycles. The topological polar surface area (TPSA) is 103 Å². The lowest BCUT2D eigenvalue weighted by Gasteiger charge is -2.26. The van der Waals surface area contributed by atoms with Crippen LogP contribution in [0.25, 0.3) is 0 Å². The van der Waals surface area contributed by atoms with E-state index < -0.39 is 55.3 Å². The highest BCUT2D eigenvalue weighted by Gasteiger charge is 2.41. The zero-order valence-electron chi connectivity index (χ0n) is 20.1. The smallest absolute Gasteiger partial charge is 0.423 e. The Hall–Kier alpha value is -2.70. The molecule has 35 heavy (non-hydrogen) atoms. The molecular formula is C23H30F3N3O5Si. The molecule has 8 nitrogen and oxygen atoms in total. The monoisotopic (exact) mass is 513 g/mol. The van der Waals surface area contributed by atoms with Crippen LogP contribution in [0.2, 0.25) is 25.7 Å². The number of halogens is 3. The van der Waals surface area contributed by atoms with Gasteiger partial charge in [-0.1, -0.05) is 43.9 Å². The number of anilines is 1. The van der Waals surface area contributed by atoms with Gasteiger partial charge in [-0.05, 0) is 24.1 Å². The lowest BCUT2D eigenvalue weighted by atomic mass is 10.1. The Labute approximate surface area is 202 Å². The molecule has 1 heterocycles. The largest absolute Gasteiger partial charge is 0.479 e. The summed E-state index contributed by atoms with van der Waals surface area (Å²) in [4.78, 5) is 24.1. The fraction of sp³-hybridized carbons (Fsp3) is 0.522. The van der Waals surface area contributed by atoms with E-state index in [0.717, 1.165) is 17.8 Å². The van der Waals surface area contributed by atoms with Crippen LogP contribution >= 0.6 is 0 Å². The van der Waals surface area contributed by atoms with Gasteiger partial charge in [0.05, 0.1) is 24.0 Å². The standard InChI is InChI=1S/C23H30F3N3O5Si/c1-14(22(31)32)34-18-11-15-7-5-6-8-16(15)20(18)28-17-12-27-29(13-33-9-10-35(2,3)4)21(30)19(17)23(24,25)26/h5-8,12,14,18,20,28H,9-11,13H2,1-4H3,(H,31,32). The fourth-order valence-corrected chi connectivity index (χ4v) is 4.59. The molecule has 12 heteroatoms. The Balaban J connectivity index is 1.90. The third kappa shape index (κ3) is 6.70. The Bertz CT molecular complexity index is 1120. The van der Waals surface area contributed by atoms with E-state index in [9.17, 15) is 27.9 Å². The molecular weight excluding hydrogens is 483 g/mol. The highest BCUT2D eigenvalue weighted by molar-refractivity contribution is 6.76. The van der Waals surface area contributed by atoms with E-state index in [1.807, 2.05) is 0 Å². The third-order valence-corrected chi connectivity index (χ3v) is 7.46. The van der Waals surface area contributed by atoms with Gasteiger partial charge in [0.2, 0.25) is 0 Å². The highest BCUT2D eigenvalue weighted by Crippen LogP contribution is 2.39. The van der Waals surface area contributed by atoms with Gasteiger partial charge in [-0.3, -0.25) is 4.79 Å². The molecule has 3 unspecified atom stereocenters. The molecule has 1 aromatic carbocycles. The van der Waals surface area contributed by atoms with Gasteiger partial charge < -0.3 is 19.9 Å². The summed E-state index contributed by atoms with van der Waals surface area (Å²) in [7, 11) is -1.41. The number of ether oxygens (including phenoxy) is 2. The van der Waals surface area contributed by atoms with Gasteiger partial charge >= 0.3 is 12.1 Å². The molecule has 0 fully saturated rings. The predicted molar refractivity (Wildman–Crippen MR) is 126 cm³/mol. The van der Waals surface area contributed by atoms with E-state index in [-0.39, 0.29) is 6.73 Å². The van der Waals surface area contributed by atoms with E-state index in [1.165, 1.54) is 6.92 Å². The van der Waals surface area contributed by atoms with Gasteiger partial charge in [0.1, 0.15) is 12.3 Å². The number of nitrogens with zero attached hydrogens (tertiary/aromatic N) is 2. The first-order valence-corrected chi connectivity index (χ1v) is 15.0. The summed E-state index contributed by atoms with van der Waals surface area (Å²) >= 11 is 0. The Kier molecular flexibility index (Phi) is 8.07. The summed E-state index contributed by atoms with van der Waals surface area (Å²) in [5.74, 6) is -1.19. The van der Waals surface area contributed by atoms with E-state index in [4.69, 9.17) is 9.47 Å². The highest BCUT2D eigenvalue weighted by atomic mass is 28.3. The molecule has 1 aliphatic carbocycles. The van der Waals surface area contributed by atoms with Crippen LogP contribution in [0.15, 0.2) is 35.3 Å². The summed E-state index contributed by atoms with van der Waals surface area (Å²) in [5.41, 5.74) is -1.73. The number of hydrogen-bond donors (Lipinski definition) is 2. The zero-order chi connectivity index (χ0) is 26.0. The van der Waals surface area contributed by atoms with Crippen molar-refractivity contribution in [1.29, 1.82) is 0 Å². The summed E-state index contributed by atoms with van der Waals surface area (Å²) < 4.78 is 53.7. The third-order valence-electron chi connectivity index (χ3n) is 5.76. The number of carboxylic acids is 1. The van der Waals surface area contributed by atoms with Crippen molar-refractivity contribution in [2.75, 3.05) is 11.9 Å². The first-order chi connectivity index (χ1) is 16.3. The number of hydrogen-bond acceptors (Lipinski definition) is 6. The summed E-state index contributed by atoms with van der Waals surface area (Å²) in [6.45, 7) is 7.70. The molecule has 0 spiro atoms. The number of rotatable bonds is 10. The number of benzene rings is 1. The predicted octanol–water partition coefficient (Wildman–Crippen LogP) is 4.14. The van der Waals surface area contributed by atoms with Crippen LogP contribution < -0.4 is 10.9 Å². The van der Waals surface area contributed by atoms with Crippen molar-refractivity contribution in [1.82, 2.24) is 9.78 Å². The average Bonchev–Trinajstić information content (AvgIpc) is 3.07. The first kappa shape index (κ1) is 26.9. The van der Waals surface area contributed by atoms with Crippen molar-refractivity contribution in [2.45, 2.75) is 70.2 Å². The molecule has 0 radical (unpaired) electrons. The molecule has 0 saturated carbocycles. The number of carbonyl (C=O) groups is 1. The van der Waals surface area contributed by atoms with Crippen LogP contribution in [-0.4, -0.2) is 47.7 Å². The van der Waals surface area contributed by atoms with Gasteiger partial charge in [-0.15, -0.1) is 0 Å². The fourth-order valence-electron chi connectivity index (χ4n) is 3.84. The molecule has 0 aliphatic heterocycles. The Morgan fingerprint density at radius 3 is 2.63 bits per heavy atom. The minimum Gasteiger partial charge on any atom is -0.479 e. The number of nitrogens with one attached hydrogen (secondary N) is 1. The van der Waals surface area contributed by atoms with Crippen LogP contribution in [0, 0.1) is 0 Å². The van der Waals surface area contributed by atoms with Crippen molar-refractivity contribution in [2.24, 2.45) is 0 Å². The van der Waals surface area contributed by atoms with Crippen molar-refractivity contribution in [3.05, 3.63) is 57.5 Å². The van der Waals surface area contributed by atoms with Gasteiger partial charge in [0.25, 0.3) is 5.56 Å². The maximum Gasteiger partial charge on any atom is 0.423 e. The van der Waals surface area contributed by atoms with Gasteiger partial charge in [0, 0.05) is 21.1 Å². The zero-order valence-corrected chi connectivity index (χ0v) is 21.1. The average molecular weight is 514 g/mol. The van der Waals surface area contributed by atoms with E-state index in [1.54, 1.807) is 24.3 Å². The van der Waals surface area contributed by atoms with Crippen LogP contribution in [0.5, 0.6) is 0 Å². The van der Waals surface area contributed by atoms with Crippen LogP contribution in [0.1, 0.15) is 29.7 Å². The van der Waals surface area contributed by atoms with Crippen LogP contribution in [0.3, 0.4) is 0 Å². The van der Waals surface area contributed by atoms with E-state index in [0.29, 0.717) is 23.3 Å². The maximum absolute atomic E-state index is 14.0. The quantitative estimate of drug-likeness (QED) is 0.364. The number of aromatic nitrogens is 2. The molecule has 2 N–H and O–H groups in total. The molecule has 1 aliphatic rings. The van der Waals surface area contributed by atoms with Crippen molar-refractivity contribution < 1.29 is 32.5 Å². The SMILES string of the molecule is CC(OC1Cc2ccccc2C1Nc1cnn(COCC[Si](C)(C)C)c(=O)c1C(F)(F)F)C(=O)O. The van der Waals surface area contributed by atoms with Crippen LogP contribution in [-0.2, 0) is 33.6 Å². The van der Waals surface area contributed by atoms with E-state index >= 15 is 0 Å². The normalized spacial score (nSPS) is 18.8. The lowest BCUT2D eigenvalue weighted by Crippen LogP contribution is -2.35. The van der Waals surface area contributed by atoms with Gasteiger partial charge in [-0.2, -0.15) is 18.3 Å². The van der Waals surface area contributed by atoms with Crippen molar-refractivity contribution >= 4 is 19.7 Å². The molecule has 3 atom stereocenters. The second-order valence-corrected chi connectivity index (χ2v) is 15.4. The Morgan fingerprint density at radius 2 is 2.00 bits per heavy atom. The van der Waals surface area contributed by atoms with Crippen LogP contribution in [0.4, 0.5) is 18.9 Å². The summed E-state index contributed by atoms with van der Waals surface area (Å²) in [5, 5.41) is 15.9. The molecule has 2 aromatic rings. The van der Waals surface area contributed by atoms with E-state index in [2.05, 4.69) is 30.1 Å². The van der Waals surface area contributed by atoms with Gasteiger partial charge in [-0.25, -0.2) is 9.48 Å².